The van der Waals surface area contributed by atoms with Crippen LogP contribution in [0.25, 0.3) is 0 Å². The molecule has 0 heterocycles. The number of hydrogen-bond donors (Lipinski definition) is 2. The molecule has 3 heteroatoms. The molecular formula is C10H20N2O. The van der Waals surface area contributed by atoms with Crippen molar-refractivity contribution >= 4 is 5.91 Å². The molecule has 0 aromatic rings. The summed E-state index contributed by atoms with van der Waals surface area (Å²) in [7, 11) is 0. The summed E-state index contributed by atoms with van der Waals surface area (Å²) < 4.78 is 0. The molecule has 2 N–H and O–H groups in total. The second-order valence-corrected chi connectivity index (χ2v) is 3.65. The lowest BCUT2D eigenvalue weighted by atomic mass is 10.2. The minimum Gasteiger partial charge on any atom is -0.353 e. The zero-order valence-electron chi connectivity index (χ0n) is 8.44. The van der Waals surface area contributed by atoms with Crippen molar-refractivity contribution in [2.75, 3.05) is 13.1 Å². The number of carbonyl (C=O) groups is 1. The Morgan fingerprint density at radius 1 is 1.38 bits per heavy atom. The fraction of sp³-hybridized carbons (Fsp3) is 0.900. The smallest absolute Gasteiger partial charge is 0.221 e. The van der Waals surface area contributed by atoms with Gasteiger partial charge in [-0.25, -0.2) is 0 Å². The molecule has 0 unspecified atom stereocenters. The van der Waals surface area contributed by atoms with Crippen LogP contribution in [0.3, 0.4) is 0 Å². The van der Waals surface area contributed by atoms with Crippen molar-refractivity contribution in [1.82, 2.24) is 10.6 Å². The average Bonchev–Trinajstić information content (AvgIpc) is 2.57. The lowest BCUT2D eigenvalue weighted by molar-refractivity contribution is -0.121. The first-order chi connectivity index (χ1) is 6.33. The van der Waals surface area contributed by atoms with Gasteiger partial charge in [-0.2, -0.15) is 0 Å². The van der Waals surface area contributed by atoms with E-state index in [-0.39, 0.29) is 5.91 Å². The zero-order valence-corrected chi connectivity index (χ0v) is 8.44. The van der Waals surface area contributed by atoms with Gasteiger partial charge in [0.2, 0.25) is 5.91 Å². The van der Waals surface area contributed by atoms with Crippen LogP contribution >= 0.6 is 0 Å². The molecule has 0 spiro atoms. The molecule has 3 nitrogen and oxygen atoms in total. The molecule has 0 atom stereocenters. The van der Waals surface area contributed by atoms with E-state index in [1.807, 2.05) is 0 Å². The van der Waals surface area contributed by atoms with Crippen LogP contribution in [-0.4, -0.2) is 25.0 Å². The first-order valence-electron chi connectivity index (χ1n) is 5.33. The van der Waals surface area contributed by atoms with Gasteiger partial charge >= 0.3 is 0 Å². The predicted molar refractivity (Wildman–Crippen MR) is 53.6 cm³/mol. The molecule has 1 aliphatic rings. The van der Waals surface area contributed by atoms with Crippen molar-refractivity contribution in [3.8, 4) is 0 Å². The number of carbonyl (C=O) groups excluding carboxylic acids is 1. The van der Waals surface area contributed by atoms with Crippen LogP contribution < -0.4 is 10.6 Å². The van der Waals surface area contributed by atoms with Gasteiger partial charge in [-0.05, 0) is 19.4 Å². The van der Waals surface area contributed by atoms with Crippen molar-refractivity contribution in [3.63, 3.8) is 0 Å². The van der Waals surface area contributed by atoms with E-state index >= 15 is 0 Å². The highest BCUT2D eigenvalue weighted by Gasteiger charge is 2.16. The van der Waals surface area contributed by atoms with E-state index in [4.69, 9.17) is 0 Å². The standard InChI is InChI=1S/C10H20N2O/c1-2-11-8-7-10(13)12-9-5-3-4-6-9/h9,11H,2-8H2,1H3,(H,12,13). The lowest BCUT2D eigenvalue weighted by Gasteiger charge is -2.11. The van der Waals surface area contributed by atoms with Crippen molar-refractivity contribution in [2.45, 2.75) is 45.1 Å². The maximum Gasteiger partial charge on any atom is 0.221 e. The second-order valence-electron chi connectivity index (χ2n) is 3.65. The SMILES string of the molecule is CCNCCC(=O)NC1CCCC1. The summed E-state index contributed by atoms with van der Waals surface area (Å²) in [6.07, 6.45) is 5.51. The number of rotatable bonds is 5. The van der Waals surface area contributed by atoms with Gasteiger partial charge in [0.25, 0.3) is 0 Å². The van der Waals surface area contributed by atoms with Crippen LogP contribution in [-0.2, 0) is 4.79 Å². The van der Waals surface area contributed by atoms with Gasteiger partial charge in [0.05, 0.1) is 0 Å². The van der Waals surface area contributed by atoms with Crippen molar-refractivity contribution in [2.24, 2.45) is 0 Å². The summed E-state index contributed by atoms with van der Waals surface area (Å²) in [5.74, 6) is 0.202. The quantitative estimate of drug-likeness (QED) is 0.627. The van der Waals surface area contributed by atoms with Gasteiger partial charge < -0.3 is 10.6 Å². The molecule has 76 valence electrons. The summed E-state index contributed by atoms with van der Waals surface area (Å²) in [5.41, 5.74) is 0. The van der Waals surface area contributed by atoms with Gasteiger partial charge in [0, 0.05) is 19.0 Å². The fourth-order valence-electron chi connectivity index (χ4n) is 1.75. The van der Waals surface area contributed by atoms with Crippen LogP contribution in [0.1, 0.15) is 39.0 Å². The molecule has 0 radical (unpaired) electrons. The summed E-state index contributed by atoms with van der Waals surface area (Å²) >= 11 is 0. The van der Waals surface area contributed by atoms with Crippen LogP contribution in [0.2, 0.25) is 0 Å². The van der Waals surface area contributed by atoms with E-state index < -0.39 is 0 Å². The third-order valence-corrected chi connectivity index (χ3v) is 2.50. The Hall–Kier alpha value is -0.570. The van der Waals surface area contributed by atoms with Gasteiger partial charge in [0.15, 0.2) is 0 Å². The van der Waals surface area contributed by atoms with E-state index in [1.54, 1.807) is 0 Å². The van der Waals surface area contributed by atoms with Crippen LogP contribution in [0.15, 0.2) is 0 Å². The van der Waals surface area contributed by atoms with E-state index in [1.165, 1.54) is 25.7 Å². The van der Waals surface area contributed by atoms with Crippen molar-refractivity contribution < 1.29 is 4.79 Å². The van der Waals surface area contributed by atoms with Crippen LogP contribution in [0.4, 0.5) is 0 Å². The molecule has 0 bridgehead atoms. The zero-order chi connectivity index (χ0) is 9.52. The Bertz CT molecular complexity index is 153. The summed E-state index contributed by atoms with van der Waals surface area (Å²) in [6, 6.07) is 0.467. The molecule has 0 aliphatic heterocycles. The Balaban J connectivity index is 2.02. The van der Waals surface area contributed by atoms with Gasteiger partial charge in [0.1, 0.15) is 0 Å². The molecule has 1 saturated carbocycles. The maximum atomic E-state index is 11.3. The van der Waals surface area contributed by atoms with Gasteiger partial charge in [-0.1, -0.05) is 19.8 Å². The van der Waals surface area contributed by atoms with Crippen LogP contribution in [0, 0.1) is 0 Å². The number of nitrogens with one attached hydrogen (secondary N) is 2. The molecule has 1 rings (SSSR count). The highest BCUT2D eigenvalue weighted by atomic mass is 16.1. The van der Waals surface area contributed by atoms with E-state index in [0.717, 1.165) is 13.1 Å². The third-order valence-electron chi connectivity index (χ3n) is 2.50. The number of hydrogen-bond acceptors (Lipinski definition) is 2. The Kier molecular flexibility index (Phi) is 4.83. The third kappa shape index (κ3) is 4.27. The van der Waals surface area contributed by atoms with Gasteiger partial charge in [-0.15, -0.1) is 0 Å². The number of amides is 1. The average molecular weight is 184 g/mol. The Morgan fingerprint density at radius 3 is 2.69 bits per heavy atom. The Morgan fingerprint density at radius 2 is 2.08 bits per heavy atom. The lowest BCUT2D eigenvalue weighted by Crippen LogP contribution is -2.34. The van der Waals surface area contributed by atoms with Gasteiger partial charge in [-0.3, -0.25) is 4.79 Å². The van der Waals surface area contributed by atoms with Crippen molar-refractivity contribution in [1.29, 1.82) is 0 Å². The molecule has 1 fully saturated rings. The minimum absolute atomic E-state index is 0.202. The monoisotopic (exact) mass is 184 g/mol. The summed E-state index contributed by atoms with van der Waals surface area (Å²) in [6.45, 7) is 3.79. The van der Waals surface area contributed by atoms with E-state index in [9.17, 15) is 4.79 Å². The maximum absolute atomic E-state index is 11.3. The van der Waals surface area contributed by atoms with Crippen molar-refractivity contribution in [3.05, 3.63) is 0 Å². The van der Waals surface area contributed by atoms with E-state index in [0.29, 0.717) is 12.5 Å². The first-order valence-corrected chi connectivity index (χ1v) is 5.33. The molecule has 0 aromatic heterocycles. The molecule has 0 saturated heterocycles. The molecular weight excluding hydrogens is 164 g/mol. The van der Waals surface area contributed by atoms with E-state index in [2.05, 4.69) is 17.6 Å². The first kappa shape index (κ1) is 10.5. The normalized spacial score (nSPS) is 17.6. The predicted octanol–water partition coefficient (Wildman–Crippen LogP) is 1.04. The highest BCUT2D eigenvalue weighted by molar-refractivity contribution is 5.76. The molecule has 1 aliphatic carbocycles. The summed E-state index contributed by atoms with van der Waals surface area (Å²) in [4.78, 5) is 11.3. The second kappa shape index (κ2) is 5.97. The Labute approximate surface area is 80.3 Å². The van der Waals surface area contributed by atoms with Crippen LogP contribution in [0.5, 0.6) is 0 Å². The minimum atomic E-state index is 0.202. The topological polar surface area (TPSA) is 41.1 Å². The highest BCUT2D eigenvalue weighted by Crippen LogP contribution is 2.17. The molecule has 1 amide bonds. The molecule has 13 heavy (non-hydrogen) atoms. The summed E-state index contributed by atoms with van der Waals surface area (Å²) in [5, 5.41) is 6.20. The molecule has 0 aromatic carbocycles. The fourth-order valence-corrected chi connectivity index (χ4v) is 1.75. The largest absolute Gasteiger partial charge is 0.353 e.